The number of aliphatic hydroxyl groups is 2. The van der Waals surface area contributed by atoms with Crippen molar-refractivity contribution < 1.29 is 19.8 Å². The van der Waals surface area contributed by atoms with Gasteiger partial charge >= 0.3 is 0 Å². The molecule has 66 valence electrons. The van der Waals surface area contributed by atoms with Gasteiger partial charge in [-0.1, -0.05) is 0 Å². The molecule has 1 aliphatic heterocycles. The Morgan fingerprint density at radius 1 is 1.73 bits per heavy atom. The molecule has 0 bridgehead atoms. The van der Waals surface area contributed by atoms with Gasteiger partial charge < -0.3 is 19.8 Å². The summed E-state index contributed by atoms with van der Waals surface area (Å²) in [5.41, 5.74) is 2.55. The highest BCUT2D eigenvalue weighted by atomic mass is 16.7. The Labute approximate surface area is 64.9 Å². The van der Waals surface area contributed by atoms with E-state index in [0.717, 1.165) is 0 Å². The molecule has 0 aromatic carbocycles. The highest BCUT2D eigenvalue weighted by Crippen LogP contribution is 2.17. The van der Waals surface area contributed by atoms with E-state index in [2.05, 4.69) is 10.3 Å². The average molecular weight is 163 g/mol. The maximum absolute atomic E-state index is 9.21. The van der Waals surface area contributed by atoms with Crippen molar-refractivity contribution in [2.75, 3.05) is 13.7 Å². The van der Waals surface area contributed by atoms with Crippen molar-refractivity contribution in [3.05, 3.63) is 0 Å². The van der Waals surface area contributed by atoms with Crippen molar-refractivity contribution in [2.45, 2.75) is 24.9 Å². The summed E-state index contributed by atoms with van der Waals surface area (Å²) in [6.45, 7) is -0.164. The second kappa shape index (κ2) is 3.99. The Morgan fingerprint density at radius 3 is 2.91 bits per heavy atom. The second-order valence-electron chi connectivity index (χ2n) is 2.47. The van der Waals surface area contributed by atoms with Gasteiger partial charge in [0.2, 0.25) is 0 Å². The molecule has 0 aliphatic carbocycles. The van der Waals surface area contributed by atoms with Crippen molar-refractivity contribution in [1.29, 1.82) is 0 Å². The lowest BCUT2D eigenvalue weighted by Gasteiger charge is -2.11. The number of hydroxylamine groups is 1. The number of nitrogens with one attached hydrogen (secondary N) is 1. The highest BCUT2D eigenvalue weighted by Gasteiger charge is 2.33. The first-order valence-corrected chi connectivity index (χ1v) is 3.50. The molecule has 1 rings (SSSR count). The standard InChI is InChI=1S/C6H13NO4/c1-10-7-6-2-4(9)5(3-8)11-6/h4-9H,2-3H2,1H3/t4-,5?,6?/m0/s1. The molecule has 1 aliphatic rings. The van der Waals surface area contributed by atoms with Gasteiger partial charge in [0.25, 0.3) is 0 Å². The van der Waals surface area contributed by atoms with Gasteiger partial charge in [-0.3, -0.25) is 0 Å². The van der Waals surface area contributed by atoms with Gasteiger partial charge in [0.15, 0.2) is 0 Å². The van der Waals surface area contributed by atoms with Gasteiger partial charge in [0.1, 0.15) is 12.3 Å². The van der Waals surface area contributed by atoms with Crippen molar-refractivity contribution >= 4 is 0 Å². The van der Waals surface area contributed by atoms with Crippen molar-refractivity contribution in [2.24, 2.45) is 0 Å². The molecule has 3 atom stereocenters. The first-order chi connectivity index (χ1) is 5.27. The Kier molecular flexibility index (Phi) is 3.22. The molecule has 0 aromatic rings. The normalized spacial score (nSPS) is 37.9. The highest BCUT2D eigenvalue weighted by molar-refractivity contribution is 4.78. The number of hydrogen-bond acceptors (Lipinski definition) is 5. The van der Waals surface area contributed by atoms with Crippen molar-refractivity contribution in [1.82, 2.24) is 5.48 Å². The summed E-state index contributed by atoms with van der Waals surface area (Å²) in [5, 5.41) is 17.9. The Hall–Kier alpha value is -0.200. The van der Waals surface area contributed by atoms with Crippen molar-refractivity contribution in [3.8, 4) is 0 Å². The molecule has 2 unspecified atom stereocenters. The molecule has 3 N–H and O–H groups in total. The lowest BCUT2D eigenvalue weighted by molar-refractivity contribution is -0.0849. The monoisotopic (exact) mass is 163 g/mol. The van der Waals surface area contributed by atoms with Crippen LogP contribution in [0.25, 0.3) is 0 Å². The van der Waals surface area contributed by atoms with Crippen LogP contribution in [0.4, 0.5) is 0 Å². The molecule has 0 radical (unpaired) electrons. The van der Waals surface area contributed by atoms with Crippen LogP contribution in [0.5, 0.6) is 0 Å². The van der Waals surface area contributed by atoms with E-state index in [4.69, 9.17) is 9.84 Å². The van der Waals surface area contributed by atoms with Crippen LogP contribution in [-0.4, -0.2) is 42.4 Å². The van der Waals surface area contributed by atoms with E-state index in [0.29, 0.717) is 6.42 Å². The first-order valence-electron chi connectivity index (χ1n) is 3.50. The fourth-order valence-electron chi connectivity index (χ4n) is 1.10. The zero-order valence-electron chi connectivity index (χ0n) is 6.36. The summed E-state index contributed by atoms with van der Waals surface area (Å²) in [7, 11) is 1.47. The molecule has 0 spiro atoms. The van der Waals surface area contributed by atoms with E-state index in [1.165, 1.54) is 7.11 Å². The molecular formula is C6H13NO4. The minimum atomic E-state index is -0.604. The molecule has 5 heteroatoms. The Morgan fingerprint density at radius 2 is 2.45 bits per heavy atom. The summed E-state index contributed by atoms with van der Waals surface area (Å²) in [5.74, 6) is 0. The molecule has 1 saturated heterocycles. The van der Waals surface area contributed by atoms with Crippen LogP contribution in [0.2, 0.25) is 0 Å². The van der Waals surface area contributed by atoms with Gasteiger partial charge in [0, 0.05) is 6.42 Å². The molecule has 11 heavy (non-hydrogen) atoms. The van der Waals surface area contributed by atoms with E-state index >= 15 is 0 Å². The van der Waals surface area contributed by atoms with Crippen LogP contribution >= 0.6 is 0 Å². The third kappa shape index (κ3) is 2.11. The van der Waals surface area contributed by atoms with Crippen LogP contribution in [0.1, 0.15) is 6.42 Å². The smallest absolute Gasteiger partial charge is 0.133 e. The summed E-state index contributed by atoms with van der Waals surface area (Å²) >= 11 is 0. The average Bonchev–Trinajstić information content (AvgIpc) is 2.32. The second-order valence-corrected chi connectivity index (χ2v) is 2.47. The SMILES string of the molecule is CONC1C[C@H](O)C(CO)O1. The Balaban J connectivity index is 2.30. The molecule has 0 saturated carbocycles. The summed E-state index contributed by atoms with van der Waals surface area (Å²) in [4.78, 5) is 4.60. The molecular weight excluding hydrogens is 150 g/mol. The third-order valence-corrected chi connectivity index (χ3v) is 1.65. The van der Waals surface area contributed by atoms with Gasteiger partial charge in [-0.15, -0.1) is 0 Å². The van der Waals surface area contributed by atoms with E-state index in [-0.39, 0.29) is 12.8 Å². The van der Waals surface area contributed by atoms with Crippen LogP contribution in [0.3, 0.4) is 0 Å². The zero-order chi connectivity index (χ0) is 8.27. The minimum Gasteiger partial charge on any atom is -0.394 e. The van der Waals surface area contributed by atoms with Gasteiger partial charge in [-0.25, -0.2) is 0 Å². The zero-order valence-corrected chi connectivity index (χ0v) is 6.36. The summed E-state index contributed by atoms with van der Waals surface area (Å²) in [6.07, 6.45) is -0.957. The van der Waals surface area contributed by atoms with Gasteiger partial charge in [0.05, 0.1) is 19.8 Å². The van der Waals surface area contributed by atoms with Crippen LogP contribution < -0.4 is 5.48 Å². The fraction of sp³-hybridized carbons (Fsp3) is 1.00. The number of rotatable bonds is 3. The number of hydrogen-bond donors (Lipinski definition) is 3. The van der Waals surface area contributed by atoms with Crippen LogP contribution in [-0.2, 0) is 9.57 Å². The van der Waals surface area contributed by atoms with E-state index in [1.807, 2.05) is 0 Å². The first kappa shape index (κ1) is 8.89. The number of ether oxygens (including phenoxy) is 1. The van der Waals surface area contributed by atoms with Crippen LogP contribution in [0, 0.1) is 0 Å². The minimum absolute atomic E-state index is 0.164. The molecule has 0 aromatic heterocycles. The van der Waals surface area contributed by atoms with E-state index < -0.39 is 12.2 Å². The van der Waals surface area contributed by atoms with Crippen LogP contribution in [0.15, 0.2) is 0 Å². The largest absolute Gasteiger partial charge is 0.394 e. The summed E-state index contributed by atoms with van der Waals surface area (Å²) < 4.78 is 5.13. The number of aliphatic hydroxyl groups excluding tert-OH is 2. The maximum Gasteiger partial charge on any atom is 0.133 e. The lowest BCUT2D eigenvalue weighted by atomic mass is 10.2. The van der Waals surface area contributed by atoms with Crippen molar-refractivity contribution in [3.63, 3.8) is 0 Å². The topological polar surface area (TPSA) is 71.0 Å². The molecule has 0 amide bonds. The molecule has 5 nitrogen and oxygen atoms in total. The maximum atomic E-state index is 9.21. The van der Waals surface area contributed by atoms with Gasteiger partial charge in [-0.05, 0) is 0 Å². The third-order valence-electron chi connectivity index (χ3n) is 1.65. The Bertz CT molecular complexity index is 121. The molecule has 1 heterocycles. The summed E-state index contributed by atoms with van der Waals surface area (Å²) in [6, 6.07) is 0. The van der Waals surface area contributed by atoms with E-state index in [9.17, 15) is 5.11 Å². The molecule has 1 fully saturated rings. The lowest BCUT2D eigenvalue weighted by Crippen LogP contribution is -2.28. The predicted octanol–water partition coefficient (Wildman–Crippen LogP) is -1.39. The van der Waals surface area contributed by atoms with E-state index in [1.54, 1.807) is 0 Å². The predicted molar refractivity (Wildman–Crippen MR) is 36.5 cm³/mol. The quantitative estimate of drug-likeness (QED) is 0.447. The fourth-order valence-corrected chi connectivity index (χ4v) is 1.10. The van der Waals surface area contributed by atoms with Gasteiger partial charge in [-0.2, -0.15) is 5.48 Å².